The molecule has 1 aliphatic heterocycles. The summed E-state index contributed by atoms with van der Waals surface area (Å²) < 4.78 is 16.5. The van der Waals surface area contributed by atoms with Crippen molar-refractivity contribution in [2.24, 2.45) is 0 Å². The van der Waals surface area contributed by atoms with Crippen LogP contribution in [0, 0.1) is 0 Å². The molecule has 3 aromatic carbocycles. The van der Waals surface area contributed by atoms with Crippen LogP contribution in [-0.4, -0.2) is 33.8 Å². The fourth-order valence-electron chi connectivity index (χ4n) is 5.61. The lowest BCUT2D eigenvalue weighted by molar-refractivity contribution is -0.552. The molecule has 2 N–H and O–H groups in total. The zero-order valence-electron chi connectivity index (χ0n) is 25.1. The summed E-state index contributed by atoms with van der Waals surface area (Å²) in [5.74, 6) is 2.26. The number of nitrogens with one attached hydrogen (secondary N) is 1. The van der Waals surface area contributed by atoms with E-state index in [4.69, 9.17) is 25.9 Å². The molecule has 1 aromatic heterocycles. The minimum Gasteiger partial charge on any atom is -0.492 e. The first-order valence-corrected chi connectivity index (χ1v) is 17.0. The second-order valence-corrected chi connectivity index (χ2v) is 12.4. The van der Waals surface area contributed by atoms with E-state index in [1.807, 2.05) is 72.9 Å². The van der Waals surface area contributed by atoms with Crippen LogP contribution >= 0.6 is 23.6 Å². The highest BCUT2D eigenvalue weighted by atomic mass is 35.5. The van der Waals surface area contributed by atoms with Crippen LogP contribution < -0.4 is 14.6 Å². The van der Waals surface area contributed by atoms with E-state index >= 15 is 0 Å². The summed E-state index contributed by atoms with van der Waals surface area (Å²) in [4.78, 5) is 18.7. The largest absolute Gasteiger partial charge is 0.492 e. The van der Waals surface area contributed by atoms with Crippen molar-refractivity contribution >= 4 is 35.4 Å². The van der Waals surface area contributed by atoms with Gasteiger partial charge in [0.15, 0.2) is 6.04 Å². The summed E-state index contributed by atoms with van der Waals surface area (Å²) in [6.07, 6.45) is 12.4. The van der Waals surface area contributed by atoms with E-state index in [9.17, 15) is 4.79 Å². The molecule has 0 spiro atoms. The fraction of sp³-hybridized carbons (Fsp3) is 0.361. The Labute approximate surface area is 270 Å². The van der Waals surface area contributed by atoms with Crippen LogP contribution in [0.1, 0.15) is 73.0 Å². The molecule has 0 bridgehead atoms. The van der Waals surface area contributed by atoms with Gasteiger partial charge in [0.05, 0.1) is 11.6 Å². The summed E-state index contributed by atoms with van der Waals surface area (Å²) in [6, 6.07) is 25.6. The Balaban J connectivity index is 1.17. The average molecular weight is 631 g/mol. The Bertz CT molecular complexity index is 1500. The predicted molar refractivity (Wildman–Crippen MR) is 180 cm³/mol. The quantitative estimate of drug-likeness (QED) is 0.0691. The van der Waals surface area contributed by atoms with Crippen molar-refractivity contribution in [1.82, 2.24) is 4.98 Å². The minimum absolute atomic E-state index is 0.00509. The van der Waals surface area contributed by atoms with Crippen molar-refractivity contribution in [2.75, 3.05) is 17.7 Å². The summed E-state index contributed by atoms with van der Waals surface area (Å²) in [6.45, 7) is 0.641. The van der Waals surface area contributed by atoms with Crippen molar-refractivity contribution in [1.29, 1.82) is 0 Å². The van der Waals surface area contributed by atoms with Crippen LogP contribution in [-0.2, 0) is 12.8 Å². The molecule has 2 heterocycles. The van der Waals surface area contributed by atoms with E-state index in [0.29, 0.717) is 30.2 Å². The molecule has 0 saturated carbocycles. The normalized spacial score (nSPS) is 14.0. The fourth-order valence-corrected chi connectivity index (χ4v) is 6.20. The lowest BCUT2D eigenvalue weighted by atomic mass is 10.1. The van der Waals surface area contributed by atoms with Crippen LogP contribution in [0.15, 0.2) is 85.1 Å². The average Bonchev–Trinajstić information content (AvgIpc) is 3.36. The zero-order chi connectivity index (χ0) is 30.6. The third-order valence-electron chi connectivity index (χ3n) is 7.98. The van der Waals surface area contributed by atoms with Gasteiger partial charge in [-0.1, -0.05) is 117 Å². The number of halogens is 1. The first-order chi connectivity index (χ1) is 21.6. The molecule has 0 radical (unpaired) electrons. The van der Waals surface area contributed by atoms with Gasteiger partial charge in [0.1, 0.15) is 23.3 Å². The van der Waals surface area contributed by atoms with Crippen molar-refractivity contribution < 1.29 is 18.7 Å². The monoisotopic (exact) mass is 630 g/mol. The second kappa shape index (κ2) is 16.6. The summed E-state index contributed by atoms with van der Waals surface area (Å²) in [5.41, 5.74) is 4.69. The lowest BCUT2D eigenvalue weighted by Gasteiger charge is -2.10. The maximum absolute atomic E-state index is 13.7. The number of fused-ring (bicyclic) bond motifs is 1. The maximum Gasteiger partial charge on any atom is 0.359 e. The van der Waals surface area contributed by atoms with Crippen LogP contribution in [0.5, 0.6) is 5.75 Å². The van der Waals surface area contributed by atoms with Crippen molar-refractivity contribution in [3.05, 3.63) is 107 Å². The first-order valence-electron chi connectivity index (χ1n) is 15.7. The number of aromatic nitrogens is 2. The molecule has 0 fully saturated rings. The van der Waals surface area contributed by atoms with Crippen LogP contribution in [0.25, 0.3) is 11.3 Å². The molecule has 230 valence electrons. The number of carbonyl (C=O) groups excluding carboxylic acids is 1. The van der Waals surface area contributed by atoms with E-state index in [0.717, 1.165) is 71.0 Å². The molecule has 1 aliphatic rings. The SMILES string of the molecule is O=C1C(Cc2ccc(OCCCCCCCCCCSO)c(Cl)c2)Nc2c(Cc3ccccc3)nc(-c3ccccc3)c[n+]21. The summed E-state index contributed by atoms with van der Waals surface area (Å²) in [5, 5.41) is 4.04. The molecule has 5 rings (SSSR count). The van der Waals surface area contributed by atoms with Gasteiger partial charge in [-0.15, -0.1) is 0 Å². The first kappa shape index (κ1) is 32.0. The highest BCUT2D eigenvalue weighted by molar-refractivity contribution is 7.93. The highest BCUT2D eigenvalue weighted by Gasteiger charge is 2.41. The lowest BCUT2D eigenvalue weighted by Crippen LogP contribution is -2.44. The Morgan fingerprint density at radius 2 is 1.55 bits per heavy atom. The topological polar surface area (TPSA) is 75.3 Å². The molecule has 4 aromatic rings. The van der Waals surface area contributed by atoms with Gasteiger partial charge in [-0.3, -0.25) is 5.32 Å². The van der Waals surface area contributed by atoms with Crippen molar-refractivity contribution in [3.63, 3.8) is 0 Å². The molecule has 0 amide bonds. The van der Waals surface area contributed by atoms with E-state index in [1.54, 1.807) is 4.57 Å². The number of anilines is 1. The van der Waals surface area contributed by atoms with Gasteiger partial charge in [-0.2, -0.15) is 4.57 Å². The van der Waals surface area contributed by atoms with Gasteiger partial charge in [-0.25, -0.2) is 9.78 Å². The highest BCUT2D eigenvalue weighted by Crippen LogP contribution is 2.29. The Morgan fingerprint density at radius 3 is 2.25 bits per heavy atom. The van der Waals surface area contributed by atoms with Gasteiger partial charge < -0.3 is 9.29 Å². The number of unbranched alkanes of at least 4 members (excludes halogenated alkanes) is 7. The second-order valence-electron chi connectivity index (χ2n) is 11.3. The van der Waals surface area contributed by atoms with Gasteiger partial charge in [-0.05, 0) is 48.1 Å². The number of hydrogen-bond acceptors (Lipinski definition) is 6. The summed E-state index contributed by atoms with van der Waals surface area (Å²) in [7, 11) is 0. The van der Waals surface area contributed by atoms with Crippen LogP contribution in [0.4, 0.5) is 5.82 Å². The number of hydrogen-bond donors (Lipinski definition) is 2. The van der Waals surface area contributed by atoms with E-state index in [1.165, 1.54) is 32.1 Å². The molecule has 44 heavy (non-hydrogen) atoms. The van der Waals surface area contributed by atoms with Gasteiger partial charge in [0.25, 0.3) is 0 Å². The Hall–Kier alpha value is -3.39. The number of nitrogens with zero attached hydrogens (tertiary/aromatic N) is 2. The van der Waals surface area contributed by atoms with Gasteiger partial charge >= 0.3 is 11.7 Å². The molecule has 0 aliphatic carbocycles. The van der Waals surface area contributed by atoms with Gasteiger partial charge in [0.2, 0.25) is 0 Å². The molecular formula is C36H41ClN3O3S+. The van der Waals surface area contributed by atoms with E-state index in [-0.39, 0.29) is 5.91 Å². The molecule has 0 saturated heterocycles. The molecule has 1 unspecified atom stereocenters. The molecule has 8 heteroatoms. The standard InChI is InChI=1S/C36H40ClN3O3S/c37-30-23-28(19-20-34(30)43-21-13-5-3-1-2-4-6-14-22-44-42)25-32-36(41)40-26-33(29-17-11-8-12-18-29)38-31(35(40)39-32)24-27-15-9-7-10-16-27/h7-12,15-20,23,26,32,42H,1-6,13-14,21-22,24-25H2/p+1. The number of carbonyl (C=O) groups is 1. The maximum atomic E-state index is 13.7. The zero-order valence-corrected chi connectivity index (χ0v) is 26.7. The number of rotatable bonds is 17. The smallest absolute Gasteiger partial charge is 0.359 e. The minimum atomic E-state index is -0.422. The van der Waals surface area contributed by atoms with Crippen molar-refractivity contribution in [3.8, 4) is 17.0 Å². The number of benzene rings is 3. The molecular weight excluding hydrogens is 590 g/mol. The third kappa shape index (κ3) is 8.84. The van der Waals surface area contributed by atoms with E-state index < -0.39 is 6.04 Å². The molecule has 1 atom stereocenters. The van der Waals surface area contributed by atoms with Crippen molar-refractivity contribution in [2.45, 2.75) is 70.3 Å². The third-order valence-corrected chi connectivity index (χ3v) is 8.74. The Morgan fingerprint density at radius 1 is 0.864 bits per heavy atom. The van der Waals surface area contributed by atoms with Crippen LogP contribution in [0.3, 0.4) is 0 Å². The van der Waals surface area contributed by atoms with E-state index in [2.05, 4.69) is 17.4 Å². The molecule has 6 nitrogen and oxygen atoms in total. The Kier molecular flexibility index (Phi) is 12.1. The number of ether oxygens (including phenoxy) is 1. The predicted octanol–water partition coefficient (Wildman–Crippen LogP) is 8.66. The van der Waals surface area contributed by atoms with Crippen LogP contribution in [0.2, 0.25) is 5.02 Å². The van der Waals surface area contributed by atoms with Gasteiger partial charge in [0, 0.05) is 24.2 Å². The summed E-state index contributed by atoms with van der Waals surface area (Å²) >= 11 is 7.56.